The zero-order valence-electron chi connectivity index (χ0n) is 5.34. The Morgan fingerprint density at radius 3 is 2.89 bits per heavy atom. The van der Waals surface area contributed by atoms with Crippen LogP contribution in [0.15, 0.2) is 24.5 Å². The lowest BCUT2D eigenvalue weighted by molar-refractivity contribution is -0.695. The number of hydrogen-bond donors (Lipinski definition) is 0. The molecule has 0 bridgehead atoms. The predicted octanol–water partition coefficient (Wildman–Crippen LogP) is 1.13. The highest BCUT2D eigenvalue weighted by Gasteiger charge is 1.95. The first kappa shape index (κ1) is 6.20. The van der Waals surface area contributed by atoms with Crippen LogP contribution >= 0.6 is 0 Å². The Balaban J connectivity index is 2.94. The number of rotatable bonds is 1. The van der Waals surface area contributed by atoms with E-state index in [0.29, 0.717) is 0 Å². The van der Waals surface area contributed by atoms with Crippen LogP contribution in [0.2, 0.25) is 0 Å². The molecular formula is C7H9FN+. The highest BCUT2D eigenvalue weighted by Crippen LogP contribution is 1.87. The van der Waals surface area contributed by atoms with E-state index >= 15 is 0 Å². The van der Waals surface area contributed by atoms with Gasteiger partial charge in [-0.3, -0.25) is 0 Å². The lowest BCUT2D eigenvalue weighted by Crippen LogP contribution is -2.31. The maximum Gasteiger partial charge on any atom is 0.204 e. The van der Waals surface area contributed by atoms with E-state index in [-0.39, 0.29) is 5.82 Å². The van der Waals surface area contributed by atoms with Gasteiger partial charge in [-0.15, -0.1) is 0 Å². The highest BCUT2D eigenvalue weighted by molar-refractivity contribution is 4.87. The Labute approximate surface area is 53.8 Å². The first-order chi connectivity index (χ1) is 4.33. The standard InChI is InChI=1S/C7H9FN/c1-2-9-5-3-4-7(8)6-9/h3-6H,2H2,1H3/q+1. The zero-order chi connectivity index (χ0) is 6.69. The van der Waals surface area contributed by atoms with Crippen molar-refractivity contribution < 1.29 is 8.96 Å². The molecule has 0 N–H and O–H groups in total. The van der Waals surface area contributed by atoms with E-state index in [1.165, 1.54) is 12.3 Å². The molecule has 1 aromatic rings. The summed E-state index contributed by atoms with van der Waals surface area (Å²) in [5.74, 6) is -0.181. The van der Waals surface area contributed by atoms with E-state index in [4.69, 9.17) is 0 Å². The van der Waals surface area contributed by atoms with Crippen molar-refractivity contribution in [2.45, 2.75) is 13.5 Å². The van der Waals surface area contributed by atoms with Gasteiger partial charge < -0.3 is 0 Å². The minimum absolute atomic E-state index is 0.181. The molecule has 2 heteroatoms. The van der Waals surface area contributed by atoms with Gasteiger partial charge in [-0.25, -0.2) is 8.96 Å². The van der Waals surface area contributed by atoms with E-state index < -0.39 is 0 Å². The summed E-state index contributed by atoms with van der Waals surface area (Å²) in [6.45, 7) is 2.79. The largest absolute Gasteiger partial charge is 0.204 e. The Hall–Kier alpha value is -0.920. The highest BCUT2D eigenvalue weighted by atomic mass is 19.1. The number of halogens is 1. The molecule has 9 heavy (non-hydrogen) atoms. The number of aromatic nitrogens is 1. The molecule has 1 rings (SSSR count). The molecule has 0 saturated heterocycles. The maximum absolute atomic E-state index is 12.3. The van der Waals surface area contributed by atoms with Gasteiger partial charge in [-0.1, -0.05) is 0 Å². The number of nitrogens with zero attached hydrogens (tertiary/aromatic N) is 1. The number of pyridine rings is 1. The summed E-state index contributed by atoms with van der Waals surface area (Å²) in [6.07, 6.45) is 3.31. The zero-order valence-corrected chi connectivity index (χ0v) is 5.34. The Bertz CT molecular complexity index is 198. The van der Waals surface area contributed by atoms with Gasteiger partial charge in [0.25, 0.3) is 0 Å². The van der Waals surface area contributed by atoms with E-state index in [0.717, 1.165) is 6.54 Å². The van der Waals surface area contributed by atoms with Gasteiger partial charge in [0.2, 0.25) is 6.20 Å². The fourth-order valence-electron chi connectivity index (χ4n) is 0.687. The third-order valence-corrected chi connectivity index (χ3v) is 1.19. The molecule has 1 heterocycles. The van der Waals surface area contributed by atoms with Crippen LogP contribution in [0.1, 0.15) is 6.92 Å². The van der Waals surface area contributed by atoms with Crippen LogP contribution < -0.4 is 4.57 Å². The summed E-state index contributed by atoms with van der Waals surface area (Å²) >= 11 is 0. The van der Waals surface area contributed by atoms with Crippen LogP contribution in [-0.4, -0.2) is 0 Å². The van der Waals surface area contributed by atoms with Crippen molar-refractivity contribution in [2.24, 2.45) is 0 Å². The minimum Gasteiger partial charge on any atom is -0.203 e. The lowest BCUT2D eigenvalue weighted by Gasteiger charge is -1.87. The molecule has 48 valence electrons. The van der Waals surface area contributed by atoms with E-state index in [1.54, 1.807) is 10.6 Å². The monoisotopic (exact) mass is 126 g/mol. The van der Waals surface area contributed by atoms with Crippen LogP contribution in [0.4, 0.5) is 4.39 Å². The summed E-state index contributed by atoms with van der Waals surface area (Å²) in [5.41, 5.74) is 0. The van der Waals surface area contributed by atoms with Crippen molar-refractivity contribution in [2.75, 3.05) is 0 Å². The van der Waals surface area contributed by atoms with Crippen molar-refractivity contribution in [3.05, 3.63) is 30.3 Å². The molecule has 1 aromatic heterocycles. The van der Waals surface area contributed by atoms with Gasteiger partial charge in [0.05, 0.1) is 0 Å². The molecular weight excluding hydrogens is 117 g/mol. The fraction of sp³-hybridized carbons (Fsp3) is 0.286. The molecule has 0 aromatic carbocycles. The van der Waals surface area contributed by atoms with E-state index in [9.17, 15) is 4.39 Å². The van der Waals surface area contributed by atoms with Crippen LogP contribution in [-0.2, 0) is 6.54 Å². The molecule has 0 aliphatic rings. The summed E-state index contributed by atoms with van der Waals surface area (Å²) < 4.78 is 14.1. The van der Waals surface area contributed by atoms with Gasteiger partial charge in [0.15, 0.2) is 12.0 Å². The molecule has 0 spiro atoms. The van der Waals surface area contributed by atoms with Gasteiger partial charge in [0, 0.05) is 6.07 Å². The Morgan fingerprint density at radius 1 is 1.67 bits per heavy atom. The van der Waals surface area contributed by atoms with Crippen LogP contribution in [0.3, 0.4) is 0 Å². The van der Waals surface area contributed by atoms with Crippen molar-refractivity contribution >= 4 is 0 Å². The van der Waals surface area contributed by atoms with Crippen LogP contribution in [0.25, 0.3) is 0 Å². The molecule has 0 unspecified atom stereocenters. The molecule has 0 aliphatic heterocycles. The van der Waals surface area contributed by atoms with Gasteiger partial charge in [-0.05, 0) is 13.0 Å². The van der Waals surface area contributed by atoms with Crippen molar-refractivity contribution in [3.63, 3.8) is 0 Å². The Morgan fingerprint density at radius 2 is 2.44 bits per heavy atom. The first-order valence-corrected chi connectivity index (χ1v) is 2.97. The third-order valence-electron chi connectivity index (χ3n) is 1.19. The van der Waals surface area contributed by atoms with Crippen molar-refractivity contribution in [1.29, 1.82) is 0 Å². The molecule has 0 aliphatic carbocycles. The average molecular weight is 126 g/mol. The summed E-state index contributed by atoms with van der Waals surface area (Å²) in [6, 6.07) is 3.13. The van der Waals surface area contributed by atoms with Gasteiger partial charge in [-0.2, -0.15) is 0 Å². The normalized spacial score (nSPS) is 9.56. The van der Waals surface area contributed by atoms with Crippen LogP contribution in [0.5, 0.6) is 0 Å². The number of aryl methyl sites for hydroxylation is 1. The van der Waals surface area contributed by atoms with Gasteiger partial charge in [0.1, 0.15) is 6.54 Å². The van der Waals surface area contributed by atoms with Crippen molar-refractivity contribution in [3.8, 4) is 0 Å². The van der Waals surface area contributed by atoms with Crippen LogP contribution in [0, 0.1) is 5.82 Å². The molecule has 0 amide bonds. The fourth-order valence-corrected chi connectivity index (χ4v) is 0.687. The summed E-state index contributed by atoms with van der Waals surface area (Å²) in [5, 5.41) is 0. The molecule has 0 radical (unpaired) electrons. The SMILES string of the molecule is CC[n+]1cccc(F)c1. The third kappa shape index (κ3) is 1.49. The summed E-state index contributed by atoms with van der Waals surface area (Å²) in [4.78, 5) is 0. The van der Waals surface area contributed by atoms with E-state index in [1.807, 2.05) is 13.1 Å². The molecule has 0 saturated carbocycles. The predicted molar refractivity (Wildman–Crippen MR) is 32.3 cm³/mol. The quantitative estimate of drug-likeness (QED) is 0.497. The first-order valence-electron chi connectivity index (χ1n) is 2.97. The summed E-state index contributed by atoms with van der Waals surface area (Å²) in [7, 11) is 0. The second kappa shape index (κ2) is 2.58. The minimum atomic E-state index is -0.181. The second-order valence-corrected chi connectivity index (χ2v) is 1.85. The maximum atomic E-state index is 12.3. The average Bonchev–Trinajstić information content (AvgIpc) is 1.88. The molecule has 0 atom stereocenters. The smallest absolute Gasteiger partial charge is 0.203 e. The molecule has 1 nitrogen and oxygen atoms in total. The lowest BCUT2D eigenvalue weighted by atomic mass is 10.4. The Kier molecular flexibility index (Phi) is 1.78. The van der Waals surface area contributed by atoms with Gasteiger partial charge >= 0.3 is 0 Å². The topological polar surface area (TPSA) is 3.88 Å². The van der Waals surface area contributed by atoms with E-state index in [2.05, 4.69) is 0 Å². The second-order valence-electron chi connectivity index (χ2n) is 1.85. The number of hydrogen-bond acceptors (Lipinski definition) is 0. The van der Waals surface area contributed by atoms with Crippen molar-refractivity contribution in [1.82, 2.24) is 0 Å². The molecule has 0 fully saturated rings.